The van der Waals surface area contributed by atoms with Gasteiger partial charge in [0.25, 0.3) is 0 Å². The molecule has 0 saturated heterocycles. The van der Waals surface area contributed by atoms with Crippen molar-refractivity contribution < 1.29 is 54.2 Å². The van der Waals surface area contributed by atoms with Gasteiger partial charge in [0, 0.05) is 20.2 Å². The maximum absolute atomic E-state index is 13.2. The summed E-state index contributed by atoms with van der Waals surface area (Å²) in [5.74, 6) is -9.28. The Morgan fingerprint density at radius 2 is 1.46 bits per heavy atom. The van der Waals surface area contributed by atoms with Gasteiger partial charge >= 0.3 is 30.1 Å². The molecule has 0 rings (SSSR count). The topological polar surface area (TPSA) is 52.6 Å². The number of esters is 2. The largest absolute Gasteiger partial charge is 0.469 e. The highest BCUT2D eigenvalue weighted by atomic mass is 28.3. The molecule has 0 bridgehead atoms. The van der Waals surface area contributed by atoms with Crippen molar-refractivity contribution in [3.8, 4) is 0 Å². The molecule has 0 aliphatic carbocycles. The fraction of sp³-hybridized carbons (Fsp3) is 0.733. The second-order valence-electron chi connectivity index (χ2n) is 7.01. The van der Waals surface area contributed by atoms with Gasteiger partial charge in [-0.05, 0) is 6.42 Å². The minimum absolute atomic E-state index is 0.0157. The number of hydrogen-bond acceptors (Lipinski definition) is 4. The van der Waals surface area contributed by atoms with Gasteiger partial charge in [-0.25, -0.2) is 14.0 Å². The summed E-state index contributed by atoms with van der Waals surface area (Å²) in [5, 5.41) is 0. The van der Waals surface area contributed by atoms with Crippen LogP contribution < -0.4 is 0 Å². The monoisotopic (exact) mass is 444 g/mol. The van der Waals surface area contributed by atoms with Gasteiger partial charge in [0.2, 0.25) is 0 Å². The van der Waals surface area contributed by atoms with Crippen molar-refractivity contribution in [3.05, 3.63) is 12.2 Å². The molecule has 0 N–H and O–H groups in total. The van der Waals surface area contributed by atoms with E-state index in [1.54, 1.807) is 0 Å². The van der Waals surface area contributed by atoms with E-state index in [0.717, 1.165) is 6.04 Å². The van der Waals surface area contributed by atoms with E-state index in [4.69, 9.17) is 0 Å². The maximum atomic E-state index is 13.2. The lowest BCUT2D eigenvalue weighted by atomic mass is 10.1. The van der Waals surface area contributed by atoms with Crippen molar-refractivity contribution in [2.24, 2.45) is 0 Å². The lowest BCUT2D eigenvalue weighted by molar-refractivity contribution is -0.349. The normalized spacial score (nSPS) is 14.8. The van der Waals surface area contributed by atoms with Crippen LogP contribution in [0.4, 0.5) is 35.1 Å². The Morgan fingerprint density at radius 1 is 0.964 bits per heavy atom. The van der Waals surface area contributed by atoms with E-state index in [1.807, 2.05) is 0 Å². The summed E-state index contributed by atoms with van der Waals surface area (Å²) in [7, 11) is -1.37. The number of carbonyl (C=O) groups excluding carboxylic acids is 2. The van der Waals surface area contributed by atoms with Gasteiger partial charge in [0.1, 0.15) is 0 Å². The van der Waals surface area contributed by atoms with E-state index in [9.17, 15) is 44.7 Å². The van der Waals surface area contributed by atoms with Crippen LogP contribution in [-0.2, 0) is 19.1 Å². The van der Waals surface area contributed by atoms with Crippen LogP contribution in [-0.4, -0.2) is 51.0 Å². The summed E-state index contributed by atoms with van der Waals surface area (Å²) in [4.78, 5) is 22.4. The van der Waals surface area contributed by atoms with Crippen molar-refractivity contribution in [1.82, 2.24) is 0 Å². The van der Waals surface area contributed by atoms with Crippen molar-refractivity contribution >= 4 is 20.0 Å². The van der Waals surface area contributed by atoms with E-state index in [0.29, 0.717) is 12.5 Å². The number of carbonyl (C=O) groups is 2. The van der Waals surface area contributed by atoms with E-state index in [-0.39, 0.29) is 12.7 Å². The molecule has 4 nitrogen and oxygen atoms in total. The van der Waals surface area contributed by atoms with E-state index in [2.05, 4.69) is 29.1 Å². The van der Waals surface area contributed by atoms with E-state index >= 15 is 0 Å². The minimum atomic E-state index is -5.94. The molecule has 0 aromatic carbocycles. The summed E-state index contributed by atoms with van der Waals surface area (Å²) < 4.78 is 109. The number of halogens is 8. The fourth-order valence-corrected chi connectivity index (χ4v) is 2.91. The Bertz CT molecular complexity index is 569. The van der Waals surface area contributed by atoms with Gasteiger partial charge in [-0.15, -0.1) is 0 Å². The SMILES string of the molecule is C[Si](C)(C)CCCOC(=O)/C=C/C(=O)OC(F)(F)C(F)(F)C(F)CC(F)(F)F. The highest BCUT2D eigenvalue weighted by molar-refractivity contribution is 6.76. The number of rotatable bonds is 10. The van der Waals surface area contributed by atoms with Crippen LogP contribution in [0, 0.1) is 0 Å². The Morgan fingerprint density at radius 3 is 1.93 bits per heavy atom. The van der Waals surface area contributed by atoms with Crippen molar-refractivity contribution in [1.29, 1.82) is 0 Å². The predicted molar refractivity (Wildman–Crippen MR) is 84.4 cm³/mol. The molecule has 0 aromatic rings. The molecule has 0 amide bonds. The standard InChI is InChI=1S/C15H20F8O4Si/c1-28(2,3)8-4-7-26-11(24)5-6-12(25)27-15(22,23)14(20,21)10(16)9-13(17,18)19/h5-6,10H,4,7-9H2,1-3H3/b6-5+. The molecule has 0 saturated carbocycles. The lowest BCUT2D eigenvalue weighted by Gasteiger charge is -2.28. The summed E-state index contributed by atoms with van der Waals surface area (Å²) in [6, 6.07) is 0.815. The molecule has 0 spiro atoms. The van der Waals surface area contributed by atoms with Crippen LogP contribution in [0.3, 0.4) is 0 Å². The first-order valence-electron chi connectivity index (χ1n) is 7.92. The van der Waals surface area contributed by atoms with Crippen LogP contribution in [0.2, 0.25) is 25.7 Å². The zero-order valence-corrected chi connectivity index (χ0v) is 16.2. The first kappa shape index (κ1) is 26.3. The van der Waals surface area contributed by atoms with Crippen LogP contribution in [0.15, 0.2) is 12.2 Å². The highest BCUT2D eigenvalue weighted by Gasteiger charge is 2.66. The molecule has 0 aliphatic heterocycles. The first-order chi connectivity index (χ1) is 12.4. The van der Waals surface area contributed by atoms with Gasteiger partial charge in [-0.1, -0.05) is 25.7 Å². The molecule has 28 heavy (non-hydrogen) atoms. The van der Waals surface area contributed by atoms with Crippen LogP contribution >= 0.6 is 0 Å². The second kappa shape index (κ2) is 9.70. The van der Waals surface area contributed by atoms with Crippen LogP contribution in [0.1, 0.15) is 12.8 Å². The van der Waals surface area contributed by atoms with Crippen molar-refractivity contribution in [2.75, 3.05) is 6.61 Å². The summed E-state index contributed by atoms with van der Waals surface area (Å²) in [6.07, 6.45) is -17.7. The van der Waals surface area contributed by atoms with E-state index < -0.39 is 50.8 Å². The Hall–Kier alpha value is -1.66. The minimum Gasteiger partial charge on any atom is -0.463 e. The van der Waals surface area contributed by atoms with Crippen LogP contribution in [0.5, 0.6) is 0 Å². The molecule has 164 valence electrons. The van der Waals surface area contributed by atoms with Gasteiger partial charge < -0.3 is 9.47 Å². The summed E-state index contributed by atoms with van der Waals surface area (Å²) >= 11 is 0. The molecule has 1 unspecified atom stereocenters. The average molecular weight is 444 g/mol. The molecule has 0 fully saturated rings. The van der Waals surface area contributed by atoms with Gasteiger partial charge in [-0.3, -0.25) is 0 Å². The number of hydrogen-bond donors (Lipinski definition) is 0. The van der Waals surface area contributed by atoms with Crippen LogP contribution in [0.25, 0.3) is 0 Å². The third-order valence-corrected chi connectivity index (χ3v) is 4.95. The first-order valence-corrected chi connectivity index (χ1v) is 11.6. The summed E-state index contributed by atoms with van der Waals surface area (Å²) in [6.45, 7) is 6.17. The molecule has 1 atom stereocenters. The third-order valence-electron chi connectivity index (χ3n) is 3.09. The molecule has 13 heteroatoms. The molecule has 0 heterocycles. The van der Waals surface area contributed by atoms with Gasteiger partial charge in [0.15, 0.2) is 6.17 Å². The molecular formula is C15H20F8O4Si. The molecule has 0 aliphatic rings. The highest BCUT2D eigenvalue weighted by Crippen LogP contribution is 2.43. The quantitative estimate of drug-likeness (QED) is 0.159. The zero-order valence-electron chi connectivity index (χ0n) is 15.2. The third kappa shape index (κ3) is 10.0. The Labute approximate surface area is 156 Å². The molecule has 0 aromatic heterocycles. The van der Waals surface area contributed by atoms with Crippen molar-refractivity contribution in [2.45, 2.75) is 62.9 Å². The summed E-state index contributed by atoms with van der Waals surface area (Å²) in [5.41, 5.74) is 0. The molecular weight excluding hydrogens is 424 g/mol. The number of ether oxygens (including phenoxy) is 2. The molecule has 0 radical (unpaired) electrons. The lowest BCUT2D eigenvalue weighted by Crippen LogP contribution is -2.51. The van der Waals surface area contributed by atoms with Gasteiger partial charge in [0.05, 0.1) is 13.0 Å². The Balaban J connectivity index is 4.69. The smallest absolute Gasteiger partial charge is 0.463 e. The second-order valence-corrected chi connectivity index (χ2v) is 12.6. The zero-order chi connectivity index (χ0) is 22.4. The van der Waals surface area contributed by atoms with Crippen molar-refractivity contribution in [3.63, 3.8) is 0 Å². The average Bonchev–Trinajstić information content (AvgIpc) is 2.46. The number of alkyl halides is 8. The predicted octanol–water partition coefficient (Wildman–Crippen LogP) is 4.88. The van der Waals surface area contributed by atoms with E-state index in [1.165, 1.54) is 0 Å². The Kier molecular flexibility index (Phi) is 9.12. The maximum Gasteiger partial charge on any atom is 0.469 e. The van der Waals surface area contributed by atoms with Gasteiger partial charge in [-0.2, -0.15) is 30.7 Å². The fourth-order valence-electron chi connectivity index (χ4n) is 1.70.